The summed E-state index contributed by atoms with van der Waals surface area (Å²) in [6.45, 7) is 7.04. The maximum atomic E-state index is 13.0. The lowest BCUT2D eigenvalue weighted by Gasteiger charge is -2.42. The predicted octanol–water partition coefficient (Wildman–Crippen LogP) is 4.20. The minimum atomic E-state index is 0.186. The summed E-state index contributed by atoms with van der Waals surface area (Å²) in [7, 11) is 0. The molecule has 0 spiro atoms. The Morgan fingerprint density at radius 1 is 1.26 bits per heavy atom. The molecule has 1 fully saturated rings. The first-order valence-corrected chi connectivity index (χ1v) is 13.2. The Balaban J connectivity index is 1.20. The summed E-state index contributed by atoms with van der Waals surface area (Å²) < 4.78 is 5.89. The summed E-state index contributed by atoms with van der Waals surface area (Å²) in [4.78, 5) is 29.0. The Bertz CT molecular complexity index is 1300. The van der Waals surface area contributed by atoms with Crippen molar-refractivity contribution in [3.8, 4) is 5.75 Å². The molecule has 1 atom stereocenters. The summed E-state index contributed by atoms with van der Waals surface area (Å²) in [5, 5.41) is 11.9. The first-order chi connectivity index (χ1) is 17.2. The van der Waals surface area contributed by atoms with Gasteiger partial charge < -0.3 is 14.5 Å². The van der Waals surface area contributed by atoms with E-state index in [1.165, 1.54) is 4.88 Å². The quantitative estimate of drug-likeness (QED) is 0.349. The highest BCUT2D eigenvalue weighted by Gasteiger charge is 2.31. The molecule has 35 heavy (non-hydrogen) atoms. The molecule has 1 aliphatic heterocycles. The van der Waals surface area contributed by atoms with Crippen molar-refractivity contribution in [2.24, 2.45) is 0 Å². The second-order valence-electron chi connectivity index (χ2n) is 8.87. The third-order valence-corrected chi connectivity index (χ3v) is 7.74. The van der Waals surface area contributed by atoms with Crippen LogP contribution < -0.4 is 9.64 Å². The number of anilines is 1. The number of aromatic amines is 1. The number of amides is 1. The summed E-state index contributed by atoms with van der Waals surface area (Å²) >= 11 is 1.74. The average molecular weight is 494 g/mol. The normalized spacial score (nSPS) is 16.3. The molecule has 0 aliphatic carbocycles. The number of carbonyl (C=O) groups excluding carboxylic acids is 1. The summed E-state index contributed by atoms with van der Waals surface area (Å²) in [5.41, 5.74) is 1.56. The molecule has 4 heterocycles. The fraction of sp³-hybridized carbons (Fsp3) is 0.480. The molecule has 5 rings (SSSR count). The largest absolute Gasteiger partial charge is 0.491 e. The van der Waals surface area contributed by atoms with Gasteiger partial charge in [-0.15, -0.1) is 16.4 Å². The number of H-pyrrole nitrogens is 1. The van der Waals surface area contributed by atoms with Crippen LogP contribution in [0.1, 0.15) is 44.4 Å². The molecule has 1 saturated heterocycles. The van der Waals surface area contributed by atoms with E-state index in [-0.39, 0.29) is 11.9 Å². The Morgan fingerprint density at radius 2 is 2.17 bits per heavy atom. The molecule has 0 bridgehead atoms. The molecule has 1 aliphatic rings. The van der Waals surface area contributed by atoms with Crippen molar-refractivity contribution in [1.82, 2.24) is 30.3 Å². The number of aromatic nitrogens is 5. The number of carbonyl (C=O) groups is 1. The van der Waals surface area contributed by atoms with Gasteiger partial charge in [-0.2, -0.15) is 0 Å². The van der Waals surface area contributed by atoms with Crippen molar-refractivity contribution < 1.29 is 9.53 Å². The number of benzene rings is 1. The van der Waals surface area contributed by atoms with Crippen LogP contribution in [0.15, 0.2) is 30.6 Å². The van der Waals surface area contributed by atoms with Crippen molar-refractivity contribution in [3.63, 3.8) is 0 Å². The molecule has 0 saturated carbocycles. The second kappa shape index (κ2) is 10.6. The van der Waals surface area contributed by atoms with Crippen LogP contribution in [0.5, 0.6) is 5.75 Å². The molecule has 1 unspecified atom stereocenters. The highest BCUT2D eigenvalue weighted by atomic mass is 32.1. The van der Waals surface area contributed by atoms with Crippen molar-refractivity contribution >= 4 is 44.3 Å². The van der Waals surface area contributed by atoms with Gasteiger partial charge in [0.1, 0.15) is 22.7 Å². The molecule has 184 valence electrons. The van der Waals surface area contributed by atoms with E-state index >= 15 is 0 Å². The van der Waals surface area contributed by atoms with Gasteiger partial charge in [0, 0.05) is 37.0 Å². The van der Waals surface area contributed by atoms with Crippen LogP contribution in [0.25, 0.3) is 21.3 Å². The van der Waals surface area contributed by atoms with Crippen molar-refractivity contribution in [2.75, 3.05) is 31.1 Å². The van der Waals surface area contributed by atoms with Gasteiger partial charge in [0.15, 0.2) is 5.52 Å². The van der Waals surface area contributed by atoms with Crippen LogP contribution in [0.3, 0.4) is 0 Å². The van der Waals surface area contributed by atoms with E-state index in [4.69, 9.17) is 4.74 Å². The molecule has 0 radical (unpaired) electrons. The molecule has 10 heteroatoms. The molecule has 4 aromatic rings. The minimum absolute atomic E-state index is 0.186. The van der Waals surface area contributed by atoms with Crippen LogP contribution in [-0.4, -0.2) is 68.5 Å². The van der Waals surface area contributed by atoms with E-state index in [0.29, 0.717) is 37.3 Å². The lowest BCUT2D eigenvalue weighted by Crippen LogP contribution is -2.55. The minimum Gasteiger partial charge on any atom is -0.491 e. The van der Waals surface area contributed by atoms with Crippen LogP contribution in [0.2, 0.25) is 0 Å². The summed E-state index contributed by atoms with van der Waals surface area (Å²) in [5.74, 6) is 1.88. The number of ether oxygens (including phenoxy) is 1. The van der Waals surface area contributed by atoms with E-state index < -0.39 is 0 Å². The number of hydrogen-bond donors (Lipinski definition) is 1. The van der Waals surface area contributed by atoms with Gasteiger partial charge in [-0.05, 0) is 37.5 Å². The number of hydrogen-bond acceptors (Lipinski definition) is 8. The second-order valence-corrected chi connectivity index (χ2v) is 9.99. The number of thiophene rings is 1. The lowest BCUT2D eigenvalue weighted by molar-refractivity contribution is -0.132. The van der Waals surface area contributed by atoms with Gasteiger partial charge in [-0.25, -0.2) is 9.97 Å². The first-order valence-electron chi connectivity index (χ1n) is 12.4. The van der Waals surface area contributed by atoms with Crippen LogP contribution >= 0.6 is 11.3 Å². The number of aryl methyl sites for hydroxylation is 1. The SMILES string of the molecule is CCCC1CN(C(=O)CCCOc2cccc3[nH]nnc23)CCN1c1ncnc2sc(CC)cc12. The summed E-state index contributed by atoms with van der Waals surface area (Å²) in [6, 6.07) is 8.17. The fourth-order valence-corrected chi connectivity index (χ4v) is 5.69. The Kier molecular flexibility index (Phi) is 7.08. The number of fused-ring (bicyclic) bond motifs is 2. The topological polar surface area (TPSA) is 100 Å². The third-order valence-electron chi connectivity index (χ3n) is 6.55. The van der Waals surface area contributed by atoms with E-state index in [1.807, 2.05) is 23.1 Å². The smallest absolute Gasteiger partial charge is 0.222 e. The Morgan fingerprint density at radius 3 is 3.03 bits per heavy atom. The zero-order chi connectivity index (χ0) is 24.2. The van der Waals surface area contributed by atoms with E-state index in [9.17, 15) is 4.79 Å². The van der Waals surface area contributed by atoms with Gasteiger partial charge in [-0.1, -0.05) is 31.5 Å². The molecule has 3 aromatic heterocycles. The third kappa shape index (κ3) is 4.93. The Hall–Kier alpha value is -3.27. The van der Waals surface area contributed by atoms with E-state index in [0.717, 1.165) is 53.9 Å². The molecular weight excluding hydrogens is 462 g/mol. The van der Waals surface area contributed by atoms with Crippen molar-refractivity contribution in [3.05, 3.63) is 35.5 Å². The maximum absolute atomic E-state index is 13.0. The number of rotatable bonds is 9. The van der Waals surface area contributed by atoms with Gasteiger partial charge >= 0.3 is 0 Å². The summed E-state index contributed by atoms with van der Waals surface area (Å²) in [6.07, 6.45) is 5.88. The van der Waals surface area contributed by atoms with Gasteiger partial charge in [0.25, 0.3) is 0 Å². The number of nitrogens with zero attached hydrogens (tertiary/aromatic N) is 6. The number of nitrogens with one attached hydrogen (secondary N) is 1. The van der Waals surface area contributed by atoms with E-state index in [2.05, 4.69) is 50.2 Å². The molecule has 1 amide bonds. The molecule has 9 nitrogen and oxygen atoms in total. The van der Waals surface area contributed by atoms with Gasteiger partial charge in [0.2, 0.25) is 5.91 Å². The van der Waals surface area contributed by atoms with Crippen LogP contribution in [-0.2, 0) is 11.2 Å². The highest BCUT2D eigenvalue weighted by Crippen LogP contribution is 2.33. The lowest BCUT2D eigenvalue weighted by atomic mass is 10.1. The zero-order valence-electron chi connectivity index (χ0n) is 20.2. The average Bonchev–Trinajstić information content (AvgIpc) is 3.54. The van der Waals surface area contributed by atoms with Crippen LogP contribution in [0, 0.1) is 0 Å². The van der Waals surface area contributed by atoms with Crippen LogP contribution in [0.4, 0.5) is 5.82 Å². The standard InChI is InChI=1S/C25H31N7O2S/c1-3-7-17-15-31(11-12-32(17)24-19-14-18(4-2)35-25(19)27-16-26-24)22(33)10-6-13-34-21-9-5-8-20-23(21)29-30-28-20/h5,8-9,14,16-17H,3-4,6-7,10-13,15H2,1-2H3,(H,28,29,30). The molecule has 1 N–H and O–H groups in total. The van der Waals surface area contributed by atoms with Gasteiger partial charge in [0.05, 0.1) is 17.5 Å². The monoisotopic (exact) mass is 493 g/mol. The molecular formula is C25H31N7O2S. The highest BCUT2D eigenvalue weighted by molar-refractivity contribution is 7.18. The van der Waals surface area contributed by atoms with E-state index in [1.54, 1.807) is 17.7 Å². The van der Waals surface area contributed by atoms with Crippen molar-refractivity contribution in [1.29, 1.82) is 0 Å². The zero-order valence-corrected chi connectivity index (χ0v) is 21.1. The number of piperazine rings is 1. The first kappa shape index (κ1) is 23.5. The maximum Gasteiger partial charge on any atom is 0.222 e. The predicted molar refractivity (Wildman–Crippen MR) is 138 cm³/mol. The fourth-order valence-electron chi connectivity index (χ4n) is 4.76. The molecule has 1 aromatic carbocycles. The Labute approximate surface area is 208 Å². The van der Waals surface area contributed by atoms with Crippen molar-refractivity contribution in [2.45, 2.75) is 52.0 Å². The van der Waals surface area contributed by atoms with Gasteiger partial charge in [-0.3, -0.25) is 9.89 Å².